The molecule has 0 saturated carbocycles. The second-order valence-corrected chi connectivity index (χ2v) is 10.8. The first-order chi connectivity index (χ1) is 17.0. The maximum atomic E-state index is 12.9. The van der Waals surface area contributed by atoms with Crippen LogP contribution in [0.3, 0.4) is 0 Å². The van der Waals surface area contributed by atoms with Crippen LogP contribution in [0.5, 0.6) is 0 Å². The molecule has 0 spiro atoms. The number of sulfonamides is 1. The number of amides is 1. The first kappa shape index (κ1) is 23.0. The summed E-state index contributed by atoms with van der Waals surface area (Å²) < 4.78 is 27.9. The molecule has 0 radical (unpaired) electrons. The second-order valence-electron chi connectivity index (χ2n) is 7.60. The molecule has 1 amide bonds. The van der Waals surface area contributed by atoms with Gasteiger partial charge in [-0.1, -0.05) is 78.3 Å². The van der Waals surface area contributed by atoms with E-state index in [4.69, 9.17) is 11.6 Å². The number of halogens is 1. The Balaban J connectivity index is 1.46. The van der Waals surface area contributed by atoms with Gasteiger partial charge in [0.1, 0.15) is 4.21 Å². The molecule has 0 fully saturated rings. The first-order valence-corrected chi connectivity index (χ1v) is 13.3. The molecule has 2 N–H and O–H groups in total. The Morgan fingerprint density at radius 1 is 0.829 bits per heavy atom. The van der Waals surface area contributed by atoms with Gasteiger partial charge < -0.3 is 0 Å². The van der Waals surface area contributed by atoms with Crippen molar-refractivity contribution in [1.82, 2.24) is 5.43 Å². The molecule has 0 aliphatic heterocycles. The SMILES string of the molecule is O=C(NN=Cc1c2ccccc2c(Cl)c2ccccc12)c1ccccc1NS(=O)(=O)c1cccs1. The summed E-state index contributed by atoms with van der Waals surface area (Å²) in [6.07, 6.45) is 1.58. The number of hydrogen-bond donors (Lipinski definition) is 2. The molecular formula is C26H18ClN3O3S2. The zero-order chi connectivity index (χ0) is 24.4. The van der Waals surface area contributed by atoms with Crippen LogP contribution < -0.4 is 10.1 Å². The molecule has 1 heterocycles. The average molecular weight is 520 g/mol. The summed E-state index contributed by atoms with van der Waals surface area (Å²) in [5.41, 5.74) is 3.64. The van der Waals surface area contributed by atoms with Crippen LogP contribution in [0.15, 0.2) is 99.6 Å². The van der Waals surface area contributed by atoms with Crippen molar-refractivity contribution in [2.24, 2.45) is 5.10 Å². The van der Waals surface area contributed by atoms with E-state index in [0.717, 1.165) is 38.4 Å². The molecule has 1 aromatic heterocycles. The summed E-state index contributed by atoms with van der Waals surface area (Å²) in [5, 5.41) is 10.1. The van der Waals surface area contributed by atoms with E-state index in [1.807, 2.05) is 48.5 Å². The molecule has 5 rings (SSSR count). The fourth-order valence-electron chi connectivity index (χ4n) is 3.85. The molecule has 5 aromatic rings. The van der Waals surface area contributed by atoms with Gasteiger partial charge in [-0.3, -0.25) is 9.52 Å². The third-order valence-corrected chi connectivity index (χ3v) is 8.61. The van der Waals surface area contributed by atoms with E-state index < -0.39 is 15.9 Å². The second kappa shape index (κ2) is 9.50. The highest BCUT2D eigenvalue weighted by Gasteiger charge is 2.19. The molecule has 35 heavy (non-hydrogen) atoms. The monoisotopic (exact) mass is 519 g/mol. The minimum absolute atomic E-state index is 0.149. The first-order valence-electron chi connectivity index (χ1n) is 10.5. The van der Waals surface area contributed by atoms with E-state index in [2.05, 4.69) is 15.2 Å². The van der Waals surface area contributed by atoms with E-state index in [1.165, 1.54) is 18.2 Å². The summed E-state index contributed by atoms with van der Waals surface area (Å²) in [6.45, 7) is 0. The van der Waals surface area contributed by atoms with Crippen molar-refractivity contribution < 1.29 is 13.2 Å². The largest absolute Gasteiger partial charge is 0.278 e. The van der Waals surface area contributed by atoms with E-state index in [1.54, 1.807) is 29.8 Å². The van der Waals surface area contributed by atoms with Crippen molar-refractivity contribution in [3.8, 4) is 0 Å². The summed E-state index contributed by atoms with van der Waals surface area (Å²) >= 11 is 7.74. The molecule has 174 valence electrons. The van der Waals surface area contributed by atoms with Crippen LogP contribution in [0.25, 0.3) is 21.5 Å². The van der Waals surface area contributed by atoms with Gasteiger partial charge in [0, 0.05) is 16.3 Å². The van der Waals surface area contributed by atoms with Gasteiger partial charge in [0.15, 0.2) is 0 Å². The van der Waals surface area contributed by atoms with Crippen molar-refractivity contribution in [1.29, 1.82) is 0 Å². The number of fused-ring (bicyclic) bond motifs is 2. The number of anilines is 1. The van der Waals surface area contributed by atoms with Crippen LogP contribution in [0.1, 0.15) is 15.9 Å². The Hall–Kier alpha value is -3.72. The lowest BCUT2D eigenvalue weighted by Gasteiger charge is -2.11. The van der Waals surface area contributed by atoms with Crippen molar-refractivity contribution in [3.05, 3.63) is 106 Å². The molecule has 0 saturated heterocycles. The molecule has 0 bridgehead atoms. The molecule has 9 heteroatoms. The Labute approximate surface area is 210 Å². The number of carbonyl (C=O) groups excluding carboxylic acids is 1. The van der Waals surface area contributed by atoms with Gasteiger partial charge in [-0.25, -0.2) is 13.8 Å². The molecular weight excluding hydrogens is 502 g/mol. The molecule has 0 aliphatic carbocycles. The third-order valence-electron chi connectivity index (χ3n) is 5.44. The number of benzene rings is 4. The maximum Gasteiger partial charge on any atom is 0.273 e. The fourth-order valence-corrected chi connectivity index (χ4v) is 6.25. The van der Waals surface area contributed by atoms with Gasteiger partial charge in [0.2, 0.25) is 0 Å². The van der Waals surface area contributed by atoms with Gasteiger partial charge >= 0.3 is 0 Å². The fraction of sp³-hybridized carbons (Fsp3) is 0. The zero-order valence-electron chi connectivity index (χ0n) is 18.1. The number of hydrogen-bond acceptors (Lipinski definition) is 5. The summed E-state index contributed by atoms with van der Waals surface area (Å²) in [5.74, 6) is -0.548. The van der Waals surface area contributed by atoms with E-state index >= 15 is 0 Å². The Morgan fingerprint density at radius 2 is 1.43 bits per heavy atom. The summed E-state index contributed by atoms with van der Waals surface area (Å²) in [4.78, 5) is 12.9. The minimum Gasteiger partial charge on any atom is -0.278 e. The average Bonchev–Trinajstić information content (AvgIpc) is 3.42. The maximum absolute atomic E-state index is 12.9. The van der Waals surface area contributed by atoms with Gasteiger partial charge in [0.25, 0.3) is 15.9 Å². The lowest BCUT2D eigenvalue weighted by Crippen LogP contribution is -2.21. The predicted octanol–water partition coefficient (Wildman–Crippen LogP) is 6.27. The molecule has 0 aliphatic rings. The molecule has 0 unspecified atom stereocenters. The van der Waals surface area contributed by atoms with E-state index in [-0.39, 0.29) is 15.5 Å². The normalized spacial score (nSPS) is 11.8. The summed E-state index contributed by atoms with van der Waals surface area (Å²) in [7, 11) is -3.80. The number of rotatable bonds is 6. The number of para-hydroxylation sites is 1. The van der Waals surface area contributed by atoms with Crippen molar-refractivity contribution in [2.45, 2.75) is 4.21 Å². The Morgan fingerprint density at radius 3 is 2.06 bits per heavy atom. The summed E-state index contributed by atoms with van der Waals surface area (Å²) in [6, 6.07) is 25.0. The predicted molar refractivity (Wildman–Crippen MR) is 143 cm³/mol. The standard InChI is InChI=1S/C26H18ClN3O3S2/c27-25-19-10-3-1-8-17(19)22(18-9-2-4-11-20(18)25)16-28-29-26(31)21-12-5-6-13-23(21)30-35(32,33)24-14-7-15-34-24/h1-16,30H,(H,29,31). The third kappa shape index (κ3) is 4.51. The van der Waals surface area contributed by atoms with Crippen LogP contribution in [-0.4, -0.2) is 20.5 Å². The lowest BCUT2D eigenvalue weighted by molar-refractivity contribution is 0.0956. The molecule has 6 nitrogen and oxygen atoms in total. The molecule has 4 aromatic carbocycles. The van der Waals surface area contributed by atoms with Crippen molar-refractivity contribution in [3.63, 3.8) is 0 Å². The van der Waals surface area contributed by atoms with Crippen molar-refractivity contribution >= 4 is 72.3 Å². The van der Waals surface area contributed by atoms with Crippen LogP contribution in [0.4, 0.5) is 5.69 Å². The van der Waals surface area contributed by atoms with Crippen LogP contribution in [0.2, 0.25) is 5.02 Å². The smallest absolute Gasteiger partial charge is 0.273 e. The Kier molecular flexibility index (Phi) is 6.25. The minimum atomic E-state index is -3.80. The van der Waals surface area contributed by atoms with Gasteiger partial charge in [-0.05, 0) is 34.4 Å². The molecule has 0 atom stereocenters. The van der Waals surface area contributed by atoms with Gasteiger partial charge in [0.05, 0.1) is 22.5 Å². The van der Waals surface area contributed by atoms with Gasteiger partial charge in [-0.15, -0.1) is 11.3 Å². The highest BCUT2D eigenvalue weighted by Crippen LogP contribution is 2.35. The number of thiophene rings is 1. The van der Waals surface area contributed by atoms with E-state index in [0.29, 0.717) is 5.02 Å². The lowest BCUT2D eigenvalue weighted by atomic mass is 9.97. The number of carbonyl (C=O) groups is 1. The quantitative estimate of drug-likeness (QED) is 0.157. The van der Waals surface area contributed by atoms with Crippen molar-refractivity contribution in [2.75, 3.05) is 4.72 Å². The zero-order valence-corrected chi connectivity index (χ0v) is 20.5. The Bertz CT molecular complexity index is 1640. The topological polar surface area (TPSA) is 87.6 Å². The van der Waals surface area contributed by atoms with Crippen LogP contribution in [-0.2, 0) is 10.0 Å². The number of nitrogens with zero attached hydrogens (tertiary/aromatic N) is 1. The van der Waals surface area contributed by atoms with Crippen LogP contribution >= 0.6 is 22.9 Å². The van der Waals surface area contributed by atoms with Gasteiger partial charge in [-0.2, -0.15) is 5.10 Å². The van der Waals surface area contributed by atoms with E-state index in [9.17, 15) is 13.2 Å². The highest BCUT2D eigenvalue weighted by molar-refractivity contribution is 7.94. The van der Waals surface area contributed by atoms with Crippen LogP contribution in [0, 0.1) is 0 Å². The number of nitrogens with one attached hydrogen (secondary N) is 2. The number of hydrazone groups is 1. The highest BCUT2D eigenvalue weighted by atomic mass is 35.5.